The number of nitrogens with zero attached hydrogens (tertiary/aromatic N) is 1. The molecule has 1 aliphatic heterocycles. The number of methoxy groups -OCH3 is 1. The van der Waals surface area contributed by atoms with E-state index in [9.17, 15) is 5.11 Å². The lowest BCUT2D eigenvalue weighted by atomic mass is 10.00. The van der Waals surface area contributed by atoms with E-state index in [0.717, 1.165) is 12.5 Å². The average Bonchev–Trinajstić information content (AvgIpc) is 2.32. The lowest BCUT2D eigenvalue weighted by Crippen LogP contribution is -2.33. The Morgan fingerprint density at radius 1 is 1.47 bits per heavy atom. The van der Waals surface area contributed by atoms with Crippen LogP contribution in [0.3, 0.4) is 0 Å². The Bertz CT molecular complexity index is 378. The summed E-state index contributed by atoms with van der Waals surface area (Å²) < 4.78 is 5.13. The second kappa shape index (κ2) is 5.41. The summed E-state index contributed by atoms with van der Waals surface area (Å²) in [5.74, 6) is 1.57. The summed E-state index contributed by atoms with van der Waals surface area (Å²) in [5, 5.41) is 9.54. The van der Waals surface area contributed by atoms with Gasteiger partial charge in [-0.1, -0.05) is 13.0 Å². The number of phenols is 1. The highest BCUT2D eigenvalue weighted by atomic mass is 16.5. The molecule has 0 amide bonds. The molecule has 1 fully saturated rings. The molecule has 1 aliphatic rings. The zero-order chi connectivity index (χ0) is 12.3. The summed E-state index contributed by atoms with van der Waals surface area (Å²) in [6.45, 7) is 5.60. The third-order valence-electron chi connectivity index (χ3n) is 3.39. The van der Waals surface area contributed by atoms with Crippen molar-refractivity contribution in [2.45, 2.75) is 26.3 Å². The molecule has 0 saturated carbocycles. The Labute approximate surface area is 103 Å². The van der Waals surface area contributed by atoms with E-state index in [-0.39, 0.29) is 5.75 Å². The Morgan fingerprint density at radius 3 is 3.00 bits per heavy atom. The Morgan fingerprint density at radius 2 is 2.29 bits per heavy atom. The molecule has 2 rings (SSSR count). The van der Waals surface area contributed by atoms with Crippen molar-refractivity contribution in [2.75, 3.05) is 20.2 Å². The smallest absolute Gasteiger partial charge is 0.160 e. The van der Waals surface area contributed by atoms with Crippen LogP contribution in [0.1, 0.15) is 25.3 Å². The van der Waals surface area contributed by atoms with E-state index in [0.29, 0.717) is 5.75 Å². The highest BCUT2D eigenvalue weighted by Crippen LogP contribution is 2.27. The van der Waals surface area contributed by atoms with Gasteiger partial charge in [0.15, 0.2) is 11.5 Å². The van der Waals surface area contributed by atoms with Gasteiger partial charge in [0.25, 0.3) is 0 Å². The molecule has 0 spiro atoms. The van der Waals surface area contributed by atoms with Crippen LogP contribution in [0.5, 0.6) is 11.5 Å². The van der Waals surface area contributed by atoms with Crippen molar-refractivity contribution >= 4 is 0 Å². The molecule has 1 saturated heterocycles. The van der Waals surface area contributed by atoms with Gasteiger partial charge in [0.1, 0.15) is 0 Å². The van der Waals surface area contributed by atoms with Crippen molar-refractivity contribution in [3.8, 4) is 11.5 Å². The first-order valence-electron chi connectivity index (χ1n) is 6.27. The lowest BCUT2D eigenvalue weighted by Gasteiger charge is -2.30. The maximum atomic E-state index is 9.54. The first-order chi connectivity index (χ1) is 8.19. The number of aromatic hydroxyl groups is 1. The van der Waals surface area contributed by atoms with Gasteiger partial charge in [-0.05, 0) is 43.0 Å². The molecule has 3 heteroatoms. The first-order valence-corrected chi connectivity index (χ1v) is 6.27. The SMILES string of the molecule is COc1cc(CN2CCC[C@@H](C)C2)ccc1O. The van der Waals surface area contributed by atoms with Gasteiger partial charge < -0.3 is 9.84 Å². The van der Waals surface area contributed by atoms with Gasteiger partial charge in [0.2, 0.25) is 0 Å². The standard InChI is InChI=1S/C14H21NO2/c1-11-4-3-7-15(9-11)10-12-5-6-13(16)14(8-12)17-2/h5-6,8,11,16H,3-4,7,9-10H2,1-2H3/t11-/m1/s1. The number of hydrogen-bond donors (Lipinski definition) is 1. The van der Waals surface area contributed by atoms with E-state index in [2.05, 4.69) is 11.8 Å². The summed E-state index contributed by atoms with van der Waals surface area (Å²) in [5.41, 5.74) is 1.20. The van der Waals surface area contributed by atoms with Crippen LogP contribution in [-0.4, -0.2) is 30.2 Å². The normalized spacial score (nSPS) is 21.4. The zero-order valence-electron chi connectivity index (χ0n) is 10.6. The van der Waals surface area contributed by atoms with Crippen molar-refractivity contribution in [1.29, 1.82) is 0 Å². The van der Waals surface area contributed by atoms with Gasteiger partial charge in [-0.15, -0.1) is 0 Å². The summed E-state index contributed by atoms with van der Waals surface area (Å²) >= 11 is 0. The Kier molecular flexibility index (Phi) is 3.89. The van der Waals surface area contributed by atoms with Crippen molar-refractivity contribution in [1.82, 2.24) is 4.90 Å². The van der Waals surface area contributed by atoms with Crippen molar-refractivity contribution < 1.29 is 9.84 Å². The monoisotopic (exact) mass is 235 g/mol. The molecule has 1 heterocycles. The summed E-state index contributed by atoms with van der Waals surface area (Å²) in [7, 11) is 1.59. The Balaban J connectivity index is 2.02. The van der Waals surface area contributed by atoms with Gasteiger partial charge >= 0.3 is 0 Å². The molecule has 1 atom stereocenters. The molecule has 1 N–H and O–H groups in total. The van der Waals surface area contributed by atoms with E-state index in [1.165, 1.54) is 31.5 Å². The summed E-state index contributed by atoms with van der Waals surface area (Å²) in [4.78, 5) is 2.47. The quantitative estimate of drug-likeness (QED) is 0.874. The number of benzene rings is 1. The molecule has 1 aromatic rings. The first kappa shape index (κ1) is 12.2. The number of likely N-dealkylation sites (tertiary alicyclic amines) is 1. The number of ether oxygens (including phenoxy) is 1. The molecular formula is C14H21NO2. The maximum absolute atomic E-state index is 9.54. The van der Waals surface area contributed by atoms with Crippen molar-refractivity contribution in [3.63, 3.8) is 0 Å². The fourth-order valence-corrected chi connectivity index (χ4v) is 2.51. The van der Waals surface area contributed by atoms with Crippen LogP contribution in [-0.2, 0) is 6.54 Å². The fraction of sp³-hybridized carbons (Fsp3) is 0.571. The molecular weight excluding hydrogens is 214 g/mol. The van der Waals surface area contributed by atoms with Gasteiger partial charge in [-0.25, -0.2) is 0 Å². The zero-order valence-corrected chi connectivity index (χ0v) is 10.6. The van der Waals surface area contributed by atoms with Crippen LogP contribution in [0.25, 0.3) is 0 Å². The molecule has 17 heavy (non-hydrogen) atoms. The van der Waals surface area contributed by atoms with E-state index in [4.69, 9.17) is 4.74 Å². The van der Waals surface area contributed by atoms with Crippen LogP contribution in [0, 0.1) is 5.92 Å². The number of piperidine rings is 1. The minimum atomic E-state index is 0.211. The van der Waals surface area contributed by atoms with E-state index >= 15 is 0 Å². The highest BCUT2D eigenvalue weighted by molar-refractivity contribution is 5.41. The fourth-order valence-electron chi connectivity index (χ4n) is 2.51. The van der Waals surface area contributed by atoms with Crippen molar-refractivity contribution in [3.05, 3.63) is 23.8 Å². The third-order valence-corrected chi connectivity index (χ3v) is 3.39. The van der Waals surface area contributed by atoms with E-state index < -0.39 is 0 Å². The Hall–Kier alpha value is -1.22. The number of rotatable bonds is 3. The maximum Gasteiger partial charge on any atom is 0.160 e. The van der Waals surface area contributed by atoms with Crippen LogP contribution >= 0.6 is 0 Å². The lowest BCUT2D eigenvalue weighted by molar-refractivity contribution is 0.176. The van der Waals surface area contributed by atoms with E-state index in [1.807, 2.05) is 12.1 Å². The predicted molar refractivity (Wildman–Crippen MR) is 68.3 cm³/mol. The molecule has 0 aliphatic carbocycles. The van der Waals surface area contributed by atoms with E-state index in [1.54, 1.807) is 13.2 Å². The molecule has 0 bridgehead atoms. The number of phenolic OH excluding ortho intramolecular Hbond substituents is 1. The second-order valence-electron chi connectivity index (χ2n) is 4.99. The van der Waals surface area contributed by atoms with Gasteiger partial charge in [0, 0.05) is 13.1 Å². The highest BCUT2D eigenvalue weighted by Gasteiger charge is 2.16. The largest absolute Gasteiger partial charge is 0.504 e. The molecule has 0 aromatic heterocycles. The number of hydrogen-bond acceptors (Lipinski definition) is 3. The molecule has 1 aromatic carbocycles. The third kappa shape index (κ3) is 3.13. The van der Waals surface area contributed by atoms with Gasteiger partial charge in [-0.3, -0.25) is 4.90 Å². The summed E-state index contributed by atoms with van der Waals surface area (Å²) in [6, 6.07) is 5.60. The minimum absolute atomic E-state index is 0.211. The molecule has 94 valence electrons. The average molecular weight is 235 g/mol. The topological polar surface area (TPSA) is 32.7 Å². The van der Waals surface area contributed by atoms with Crippen LogP contribution < -0.4 is 4.74 Å². The molecule has 3 nitrogen and oxygen atoms in total. The van der Waals surface area contributed by atoms with Crippen LogP contribution in [0.4, 0.5) is 0 Å². The van der Waals surface area contributed by atoms with Gasteiger partial charge in [0.05, 0.1) is 7.11 Å². The summed E-state index contributed by atoms with van der Waals surface area (Å²) in [6.07, 6.45) is 2.63. The van der Waals surface area contributed by atoms with Crippen LogP contribution in [0.15, 0.2) is 18.2 Å². The van der Waals surface area contributed by atoms with Crippen LogP contribution in [0.2, 0.25) is 0 Å². The second-order valence-corrected chi connectivity index (χ2v) is 4.99. The molecule has 0 unspecified atom stereocenters. The van der Waals surface area contributed by atoms with Gasteiger partial charge in [-0.2, -0.15) is 0 Å². The van der Waals surface area contributed by atoms with Crippen molar-refractivity contribution in [2.24, 2.45) is 5.92 Å². The predicted octanol–water partition coefficient (Wildman–Crippen LogP) is 2.63. The minimum Gasteiger partial charge on any atom is -0.504 e. The molecule has 0 radical (unpaired) electrons.